The second-order valence-electron chi connectivity index (χ2n) is 7.91. The second kappa shape index (κ2) is 10.2. The molecule has 30 heavy (non-hydrogen) atoms. The molecule has 2 aromatic rings. The molecule has 1 saturated heterocycles. The van der Waals surface area contributed by atoms with Gasteiger partial charge in [0.2, 0.25) is 5.91 Å². The Morgan fingerprint density at radius 1 is 1.03 bits per heavy atom. The third-order valence-corrected chi connectivity index (χ3v) is 5.76. The summed E-state index contributed by atoms with van der Waals surface area (Å²) in [6, 6.07) is 16.9. The van der Waals surface area contributed by atoms with Gasteiger partial charge in [-0.1, -0.05) is 30.3 Å². The molecule has 0 aliphatic carbocycles. The molecule has 1 aliphatic rings. The molecule has 0 saturated carbocycles. The van der Waals surface area contributed by atoms with E-state index in [1.807, 2.05) is 25.1 Å². The van der Waals surface area contributed by atoms with Gasteiger partial charge in [-0.3, -0.25) is 19.8 Å². The van der Waals surface area contributed by atoms with E-state index in [9.17, 15) is 14.9 Å². The monoisotopic (exact) mass is 410 g/mol. The molecule has 0 aromatic heterocycles. The molecule has 160 valence electrons. The minimum absolute atomic E-state index is 0.0688. The average molecular weight is 411 g/mol. The highest BCUT2D eigenvalue weighted by molar-refractivity contribution is 5.81. The van der Waals surface area contributed by atoms with Crippen LogP contribution in [0.1, 0.15) is 25.8 Å². The minimum atomic E-state index is -0.386. The van der Waals surface area contributed by atoms with Gasteiger partial charge in [-0.15, -0.1) is 0 Å². The standard InChI is InChI=1S/C23H30N4O3/c1-18(8-9-20-6-4-3-5-7-20)24-23(28)19(2)25-14-16-26(17-15-25)21-10-12-22(13-11-21)27(29)30/h3-7,10-13,18-19H,8-9,14-17H2,1-2H3,(H,24,28). The fraction of sp³-hybridized carbons (Fsp3) is 0.435. The molecule has 0 bridgehead atoms. The molecule has 2 atom stereocenters. The Kier molecular flexibility index (Phi) is 7.41. The number of nitro benzene ring substituents is 1. The number of piperazine rings is 1. The first-order valence-electron chi connectivity index (χ1n) is 10.5. The summed E-state index contributed by atoms with van der Waals surface area (Å²) >= 11 is 0. The van der Waals surface area contributed by atoms with Crippen LogP contribution in [0.3, 0.4) is 0 Å². The van der Waals surface area contributed by atoms with Crippen molar-refractivity contribution in [3.63, 3.8) is 0 Å². The van der Waals surface area contributed by atoms with Crippen molar-refractivity contribution in [1.82, 2.24) is 10.2 Å². The molecule has 7 nitrogen and oxygen atoms in total. The molecule has 2 unspecified atom stereocenters. The van der Waals surface area contributed by atoms with Crippen LogP contribution in [0.5, 0.6) is 0 Å². The Hall–Kier alpha value is -2.93. The van der Waals surface area contributed by atoms with Gasteiger partial charge in [-0.2, -0.15) is 0 Å². The Morgan fingerprint density at radius 2 is 1.67 bits per heavy atom. The third-order valence-electron chi connectivity index (χ3n) is 5.76. The van der Waals surface area contributed by atoms with Crippen molar-refractivity contribution >= 4 is 17.3 Å². The Bertz CT molecular complexity index is 833. The molecule has 1 aliphatic heterocycles. The average Bonchev–Trinajstić information content (AvgIpc) is 2.78. The summed E-state index contributed by atoms with van der Waals surface area (Å²) in [6.45, 7) is 7.16. The first kappa shape index (κ1) is 21.8. The van der Waals surface area contributed by atoms with Crippen molar-refractivity contribution in [3.8, 4) is 0 Å². The molecule has 7 heteroatoms. The number of anilines is 1. The molecular formula is C23H30N4O3. The van der Waals surface area contributed by atoms with E-state index in [1.165, 1.54) is 17.7 Å². The molecule has 2 aromatic carbocycles. The van der Waals surface area contributed by atoms with Gasteiger partial charge in [-0.25, -0.2) is 0 Å². The number of carbonyl (C=O) groups is 1. The minimum Gasteiger partial charge on any atom is -0.369 e. The van der Waals surface area contributed by atoms with Crippen molar-refractivity contribution in [2.75, 3.05) is 31.1 Å². The largest absolute Gasteiger partial charge is 0.369 e. The normalized spacial score (nSPS) is 16.7. The van der Waals surface area contributed by atoms with Gasteiger partial charge in [0.1, 0.15) is 0 Å². The maximum Gasteiger partial charge on any atom is 0.269 e. The van der Waals surface area contributed by atoms with Gasteiger partial charge in [0, 0.05) is 50.0 Å². The van der Waals surface area contributed by atoms with Crippen molar-refractivity contribution in [2.45, 2.75) is 38.8 Å². The molecule has 1 heterocycles. The summed E-state index contributed by atoms with van der Waals surface area (Å²) < 4.78 is 0. The summed E-state index contributed by atoms with van der Waals surface area (Å²) in [7, 11) is 0. The Labute approximate surface area is 177 Å². The first-order chi connectivity index (χ1) is 14.4. The Morgan fingerprint density at radius 3 is 2.27 bits per heavy atom. The van der Waals surface area contributed by atoms with E-state index in [4.69, 9.17) is 0 Å². The quantitative estimate of drug-likeness (QED) is 0.534. The highest BCUT2D eigenvalue weighted by Crippen LogP contribution is 2.21. The molecule has 1 amide bonds. The summed E-state index contributed by atoms with van der Waals surface area (Å²) in [6.07, 6.45) is 1.86. The number of hydrogen-bond acceptors (Lipinski definition) is 5. The Balaban J connectivity index is 1.44. The van der Waals surface area contributed by atoms with Crippen LogP contribution >= 0.6 is 0 Å². The summed E-state index contributed by atoms with van der Waals surface area (Å²) in [5, 5.41) is 14.0. The molecular weight excluding hydrogens is 380 g/mol. The zero-order chi connectivity index (χ0) is 21.5. The topological polar surface area (TPSA) is 78.7 Å². The predicted octanol–water partition coefficient (Wildman–Crippen LogP) is 3.24. The van der Waals surface area contributed by atoms with Crippen LogP contribution < -0.4 is 10.2 Å². The highest BCUT2D eigenvalue weighted by atomic mass is 16.6. The number of amides is 1. The fourth-order valence-electron chi connectivity index (χ4n) is 3.78. The van der Waals surface area contributed by atoms with Crippen molar-refractivity contribution in [1.29, 1.82) is 0 Å². The molecule has 0 spiro atoms. The number of carbonyl (C=O) groups excluding carboxylic acids is 1. The van der Waals surface area contributed by atoms with Crippen LogP contribution in [0.25, 0.3) is 0 Å². The van der Waals surface area contributed by atoms with E-state index in [-0.39, 0.29) is 28.6 Å². The molecule has 0 radical (unpaired) electrons. The van der Waals surface area contributed by atoms with Gasteiger partial charge in [0.05, 0.1) is 11.0 Å². The van der Waals surface area contributed by atoms with Gasteiger partial charge < -0.3 is 10.2 Å². The number of nitrogens with one attached hydrogen (secondary N) is 1. The highest BCUT2D eigenvalue weighted by Gasteiger charge is 2.26. The SMILES string of the molecule is CC(CCc1ccccc1)NC(=O)C(C)N1CCN(c2ccc([N+](=O)[O-])cc2)CC1. The van der Waals surface area contributed by atoms with Crippen LogP contribution in [0.4, 0.5) is 11.4 Å². The van der Waals surface area contributed by atoms with Crippen molar-refractivity contribution < 1.29 is 9.72 Å². The fourth-order valence-corrected chi connectivity index (χ4v) is 3.78. The van der Waals surface area contributed by atoms with Crippen LogP contribution in [0.15, 0.2) is 54.6 Å². The van der Waals surface area contributed by atoms with E-state index in [2.05, 4.69) is 34.2 Å². The van der Waals surface area contributed by atoms with Gasteiger partial charge in [0.25, 0.3) is 5.69 Å². The van der Waals surface area contributed by atoms with Gasteiger partial charge in [-0.05, 0) is 44.4 Å². The summed E-state index contributed by atoms with van der Waals surface area (Å²) in [5.41, 5.74) is 2.37. The van der Waals surface area contributed by atoms with E-state index < -0.39 is 0 Å². The van der Waals surface area contributed by atoms with E-state index in [0.29, 0.717) is 0 Å². The third kappa shape index (κ3) is 5.79. The number of rotatable bonds is 8. The van der Waals surface area contributed by atoms with Gasteiger partial charge in [0.15, 0.2) is 0 Å². The predicted molar refractivity (Wildman–Crippen MR) is 119 cm³/mol. The van der Waals surface area contributed by atoms with E-state index in [1.54, 1.807) is 12.1 Å². The van der Waals surface area contributed by atoms with Crippen LogP contribution in [0, 0.1) is 10.1 Å². The lowest BCUT2D eigenvalue weighted by Gasteiger charge is -2.38. The van der Waals surface area contributed by atoms with E-state index >= 15 is 0 Å². The number of non-ortho nitro benzene ring substituents is 1. The number of nitro groups is 1. The maximum atomic E-state index is 12.7. The maximum absolute atomic E-state index is 12.7. The van der Waals surface area contributed by atoms with Gasteiger partial charge >= 0.3 is 0 Å². The number of nitrogens with zero attached hydrogens (tertiary/aromatic N) is 3. The van der Waals surface area contributed by atoms with Crippen molar-refractivity contribution in [3.05, 3.63) is 70.3 Å². The van der Waals surface area contributed by atoms with Crippen LogP contribution in [-0.2, 0) is 11.2 Å². The number of aryl methyl sites for hydroxylation is 1. The van der Waals surface area contributed by atoms with Crippen LogP contribution in [0.2, 0.25) is 0 Å². The first-order valence-corrected chi connectivity index (χ1v) is 10.5. The summed E-state index contributed by atoms with van der Waals surface area (Å²) in [5.74, 6) is 0.0688. The molecule has 1 N–H and O–H groups in total. The van der Waals surface area contributed by atoms with E-state index in [0.717, 1.165) is 44.7 Å². The lowest BCUT2D eigenvalue weighted by Crippen LogP contribution is -2.54. The number of hydrogen-bond donors (Lipinski definition) is 1. The zero-order valence-corrected chi connectivity index (χ0v) is 17.7. The number of benzene rings is 2. The zero-order valence-electron chi connectivity index (χ0n) is 17.7. The molecule has 1 fully saturated rings. The second-order valence-corrected chi connectivity index (χ2v) is 7.91. The molecule has 3 rings (SSSR count). The summed E-state index contributed by atoms with van der Waals surface area (Å²) in [4.78, 5) is 27.5. The van der Waals surface area contributed by atoms with Crippen LogP contribution in [-0.4, -0.2) is 54.0 Å². The lowest BCUT2D eigenvalue weighted by molar-refractivity contribution is -0.384. The van der Waals surface area contributed by atoms with Crippen molar-refractivity contribution in [2.24, 2.45) is 0 Å². The smallest absolute Gasteiger partial charge is 0.269 e. The lowest BCUT2D eigenvalue weighted by atomic mass is 10.1.